The van der Waals surface area contributed by atoms with Crippen molar-refractivity contribution >= 4 is 5.91 Å². The lowest BCUT2D eigenvalue weighted by Crippen LogP contribution is -2.32. The van der Waals surface area contributed by atoms with E-state index in [2.05, 4.69) is 4.98 Å². The fraction of sp³-hybridized carbons (Fsp3) is 0.444. The van der Waals surface area contributed by atoms with Gasteiger partial charge in [-0.25, -0.2) is 9.37 Å². The van der Waals surface area contributed by atoms with Gasteiger partial charge in [0.25, 0.3) is 5.91 Å². The van der Waals surface area contributed by atoms with Gasteiger partial charge < -0.3 is 14.6 Å². The Kier molecular flexibility index (Phi) is 3.84. The maximum Gasteiger partial charge on any atom is 0.274 e. The number of β-amino-alcohol motifs (C(OH)–C–C–N with tert-alkyl or cyclic N) is 1. The molecule has 0 saturated carbocycles. The van der Waals surface area contributed by atoms with Gasteiger partial charge in [-0.15, -0.1) is 0 Å². The molecule has 0 radical (unpaired) electrons. The van der Waals surface area contributed by atoms with Crippen molar-refractivity contribution in [1.82, 2.24) is 14.5 Å². The molecule has 3 heterocycles. The van der Waals surface area contributed by atoms with Crippen LogP contribution >= 0.6 is 0 Å². The van der Waals surface area contributed by atoms with E-state index in [0.29, 0.717) is 17.7 Å². The van der Waals surface area contributed by atoms with Crippen LogP contribution in [0.25, 0.3) is 0 Å². The molecule has 5 nitrogen and oxygen atoms in total. The molecular weight excluding hydrogens is 309 g/mol. The molecule has 2 atom stereocenters. The van der Waals surface area contributed by atoms with Gasteiger partial charge in [-0.2, -0.15) is 0 Å². The highest BCUT2D eigenvalue weighted by molar-refractivity contribution is 5.92. The van der Waals surface area contributed by atoms with Crippen molar-refractivity contribution in [3.63, 3.8) is 0 Å². The van der Waals surface area contributed by atoms with Crippen LogP contribution in [0.4, 0.5) is 4.39 Å². The minimum atomic E-state index is -0.598. The molecule has 2 aliphatic heterocycles. The average Bonchev–Trinajstić information content (AvgIpc) is 3.17. The van der Waals surface area contributed by atoms with Gasteiger partial charge in [0.05, 0.1) is 12.1 Å². The van der Waals surface area contributed by atoms with E-state index in [9.17, 15) is 14.3 Å². The number of carbonyl (C=O) groups excluding carboxylic acids is 1. The van der Waals surface area contributed by atoms with Crippen LogP contribution in [0.15, 0.2) is 30.5 Å². The fourth-order valence-electron chi connectivity index (χ4n) is 3.73. The van der Waals surface area contributed by atoms with E-state index in [1.165, 1.54) is 12.1 Å². The molecule has 24 heavy (non-hydrogen) atoms. The van der Waals surface area contributed by atoms with Gasteiger partial charge in [0.2, 0.25) is 0 Å². The zero-order valence-corrected chi connectivity index (χ0v) is 13.4. The molecule has 1 amide bonds. The molecular formula is C18H20FN3O2. The molecule has 1 aromatic heterocycles. The third-order valence-corrected chi connectivity index (χ3v) is 4.90. The normalized spacial score (nSPS) is 23.3. The maximum atomic E-state index is 13.5. The van der Waals surface area contributed by atoms with Gasteiger partial charge >= 0.3 is 0 Å². The Morgan fingerprint density at radius 3 is 3.00 bits per heavy atom. The zero-order valence-electron chi connectivity index (χ0n) is 13.4. The minimum Gasteiger partial charge on any atom is -0.391 e. The molecule has 0 bridgehead atoms. The second-order valence-corrected chi connectivity index (χ2v) is 6.61. The van der Waals surface area contributed by atoms with Crippen LogP contribution in [-0.4, -0.2) is 38.1 Å². The lowest BCUT2D eigenvalue weighted by Gasteiger charge is -2.24. The number of rotatable bonds is 2. The number of hydrogen-bond donors (Lipinski definition) is 1. The topological polar surface area (TPSA) is 58.4 Å². The van der Waals surface area contributed by atoms with Crippen molar-refractivity contribution in [3.8, 4) is 0 Å². The van der Waals surface area contributed by atoms with Gasteiger partial charge in [-0.3, -0.25) is 4.79 Å². The maximum absolute atomic E-state index is 13.5. The summed E-state index contributed by atoms with van der Waals surface area (Å²) in [5.74, 6) is 0.424. The monoisotopic (exact) mass is 329 g/mol. The predicted molar refractivity (Wildman–Crippen MR) is 86.0 cm³/mol. The molecule has 126 valence electrons. The number of fused-ring (bicyclic) bond motifs is 1. The summed E-state index contributed by atoms with van der Waals surface area (Å²) in [4.78, 5) is 19.0. The largest absolute Gasteiger partial charge is 0.391 e. The second kappa shape index (κ2) is 6.02. The molecule has 4 rings (SSSR count). The number of hydrogen-bond acceptors (Lipinski definition) is 3. The van der Waals surface area contributed by atoms with Gasteiger partial charge in [-0.05, 0) is 37.0 Å². The van der Waals surface area contributed by atoms with Gasteiger partial charge in [-0.1, -0.05) is 12.1 Å². The third-order valence-electron chi connectivity index (χ3n) is 4.90. The lowest BCUT2D eigenvalue weighted by molar-refractivity contribution is 0.0710. The molecule has 2 aliphatic rings. The number of aliphatic hydroxyl groups excluding tert-OH is 1. The van der Waals surface area contributed by atoms with E-state index in [-0.39, 0.29) is 24.3 Å². The Morgan fingerprint density at radius 1 is 1.33 bits per heavy atom. The number of halogens is 1. The zero-order chi connectivity index (χ0) is 16.7. The van der Waals surface area contributed by atoms with Crippen molar-refractivity contribution in [2.24, 2.45) is 0 Å². The summed E-state index contributed by atoms with van der Waals surface area (Å²) in [5.41, 5.74) is 1.13. The van der Waals surface area contributed by atoms with E-state index < -0.39 is 6.10 Å². The Hall–Kier alpha value is -2.21. The number of carbonyl (C=O) groups is 1. The lowest BCUT2D eigenvalue weighted by atomic mass is 10.0. The number of aryl methyl sites for hydroxylation is 2. The standard InChI is InChI=1S/C18H20FN3O2/c19-13-5-3-4-12(8-13)16-9-14(23)10-22(16)18(24)15-11-21-7-2-1-6-17(21)20-15/h3-5,8,11,14,16,23H,1-2,6-7,9-10H2/t14-,16+/m0/s1. The molecule has 1 fully saturated rings. The molecule has 1 aromatic carbocycles. The number of benzene rings is 1. The first-order chi connectivity index (χ1) is 11.6. The van der Waals surface area contributed by atoms with E-state index in [1.807, 2.05) is 10.8 Å². The highest BCUT2D eigenvalue weighted by Gasteiger charge is 2.37. The van der Waals surface area contributed by atoms with Gasteiger partial charge in [0, 0.05) is 25.7 Å². The molecule has 2 aromatic rings. The van der Waals surface area contributed by atoms with Crippen LogP contribution in [0.1, 0.15) is 47.2 Å². The van der Waals surface area contributed by atoms with Crippen LogP contribution in [0, 0.1) is 5.82 Å². The average molecular weight is 329 g/mol. The van der Waals surface area contributed by atoms with Crippen molar-refractivity contribution < 1.29 is 14.3 Å². The number of likely N-dealkylation sites (tertiary alicyclic amines) is 1. The Balaban J connectivity index is 1.63. The summed E-state index contributed by atoms with van der Waals surface area (Å²) in [6, 6.07) is 5.92. The third kappa shape index (κ3) is 2.71. The number of nitrogens with zero attached hydrogens (tertiary/aromatic N) is 3. The molecule has 0 unspecified atom stereocenters. The first-order valence-electron chi connectivity index (χ1n) is 8.42. The van der Waals surface area contributed by atoms with E-state index in [4.69, 9.17) is 0 Å². The number of aliphatic hydroxyl groups is 1. The van der Waals surface area contributed by atoms with Gasteiger partial charge in [0.15, 0.2) is 0 Å². The molecule has 1 saturated heterocycles. The number of amides is 1. The smallest absolute Gasteiger partial charge is 0.274 e. The molecule has 6 heteroatoms. The minimum absolute atomic E-state index is 0.192. The van der Waals surface area contributed by atoms with Crippen LogP contribution in [0.5, 0.6) is 0 Å². The Morgan fingerprint density at radius 2 is 2.21 bits per heavy atom. The summed E-state index contributed by atoms with van der Waals surface area (Å²) in [6.45, 7) is 1.15. The van der Waals surface area contributed by atoms with Crippen LogP contribution in [0.3, 0.4) is 0 Å². The van der Waals surface area contributed by atoms with Crippen molar-refractivity contribution in [2.45, 2.75) is 44.4 Å². The van der Waals surface area contributed by atoms with E-state index >= 15 is 0 Å². The van der Waals surface area contributed by atoms with Gasteiger partial charge in [0.1, 0.15) is 17.3 Å². The number of aromatic nitrogens is 2. The first kappa shape index (κ1) is 15.3. The second-order valence-electron chi connectivity index (χ2n) is 6.61. The van der Waals surface area contributed by atoms with E-state index in [1.54, 1.807) is 17.0 Å². The molecule has 0 spiro atoms. The quantitative estimate of drug-likeness (QED) is 0.920. The van der Waals surface area contributed by atoms with Crippen LogP contribution in [-0.2, 0) is 13.0 Å². The van der Waals surface area contributed by atoms with Crippen molar-refractivity contribution in [1.29, 1.82) is 0 Å². The fourth-order valence-corrected chi connectivity index (χ4v) is 3.73. The molecule has 1 N–H and O–H groups in total. The number of imidazole rings is 1. The summed E-state index contributed by atoms with van der Waals surface area (Å²) >= 11 is 0. The Labute approximate surface area is 139 Å². The summed E-state index contributed by atoms with van der Waals surface area (Å²) in [5, 5.41) is 10.0. The summed E-state index contributed by atoms with van der Waals surface area (Å²) < 4.78 is 15.6. The summed E-state index contributed by atoms with van der Waals surface area (Å²) in [7, 11) is 0. The van der Waals surface area contributed by atoms with Crippen molar-refractivity contribution in [2.75, 3.05) is 6.54 Å². The SMILES string of the molecule is O=C(c1cn2c(n1)CCCC2)N1C[C@@H](O)C[C@@H]1c1cccc(F)c1. The van der Waals surface area contributed by atoms with Crippen LogP contribution < -0.4 is 0 Å². The Bertz CT molecular complexity index is 750. The summed E-state index contributed by atoms with van der Waals surface area (Å²) in [6.07, 6.45) is 4.72. The first-order valence-corrected chi connectivity index (χ1v) is 8.42. The van der Waals surface area contributed by atoms with Crippen molar-refractivity contribution in [3.05, 3.63) is 53.4 Å². The molecule has 0 aliphatic carbocycles. The van der Waals surface area contributed by atoms with Crippen LogP contribution in [0.2, 0.25) is 0 Å². The van der Waals surface area contributed by atoms with E-state index in [0.717, 1.165) is 31.6 Å². The predicted octanol–water partition coefficient (Wildman–Crippen LogP) is 2.31. The highest BCUT2D eigenvalue weighted by Crippen LogP contribution is 2.33. The highest BCUT2D eigenvalue weighted by atomic mass is 19.1.